The lowest BCUT2D eigenvalue weighted by Gasteiger charge is -2.24. The second kappa shape index (κ2) is 7.66. The molecular weight excluding hydrogens is 359 g/mol. The van der Waals surface area contributed by atoms with E-state index in [1.54, 1.807) is 6.07 Å². The van der Waals surface area contributed by atoms with Crippen LogP contribution < -0.4 is 10.2 Å². The van der Waals surface area contributed by atoms with Crippen molar-refractivity contribution in [1.29, 1.82) is 0 Å². The number of hydrogen-bond acceptors (Lipinski definition) is 4. The van der Waals surface area contributed by atoms with Gasteiger partial charge in [-0.25, -0.2) is 4.98 Å². The van der Waals surface area contributed by atoms with Crippen LogP contribution in [0, 0.1) is 17.8 Å². The van der Waals surface area contributed by atoms with Crippen molar-refractivity contribution in [2.45, 2.75) is 51.4 Å². The predicted molar refractivity (Wildman–Crippen MR) is 95.1 cm³/mol. The van der Waals surface area contributed by atoms with Crippen LogP contribution in [0.15, 0.2) is 18.2 Å². The van der Waals surface area contributed by atoms with Crippen LogP contribution in [-0.4, -0.2) is 41.2 Å². The Morgan fingerprint density at radius 3 is 2.74 bits per heavy atom. The monoisotopic (exact) mass is 385 g/mol. The lowest BCUT2D eigenvalue weighted by atomic mass is 9.97. The van der Waals surface area contributed by atoms with E-state index in [4.69, 9.17) is 0 Å². The predicted octanol–water partition coefficient (Wildman–Crippen LogP) is 2.84. The molecule has 1 amide bonds. The topological polar surface area (TPSA) is 65.5 Å². The molecule has 0 radical (unpaired) electrons. The summed E-state index contributed by atoms with van der Waals surface area (Å²) in [6, 6.07) is 3.89. The molecule has 0 aromatic carbocycles. The Morgan fingerprint density at radius 2 is 2.07 bits per heavy atom. The molecule has 3 rings (SSSR count). The van der Waals surface area contributed by atoms with Crippen molar-refractivity contribution in [3.8, 4) is 0 Å². The molecule has 5 nitrogen and oxygen atoms in total. The van der Waals surface area contributed by atoms with Crippen molar-refractivity contribution in [1.82, 2.24) is 10.3 Å². The largest absolute Gasteiger partial charge is 0.433 e. The Balaban J connectivity index is 1.64. The molecule has 150 valence electrons. The average Bonchev–Trinajstić information content (AvgIpc) is 3.15. The third kappa shape index (κ3) is 4.54. The number of pyridine rings is 1. The summed E-state index contributed by atoms with van der Waals surface area (Å²) in [6.45, 7) is 5.09. The van der Waals surface area contributed by atoms with Gasteiger partial charge in [0.2, 0.25) is 5.91 Å². The quantitative estimate of drug-likeness (QED) is 0.818. The second-order valence-electron chi connectivity index (χ2n) is 8.05. The fourth-order valence-electron chi connectivity index (χ4n) is 4.22. The van der Waals surface area contributed by atoms with Gasteiger partial charge in [0.25, 0.3) is 0 Å². The number of carbonyl (C=O) groups excluding carboxylic acids is 1. The Bertz CT molecular complexity index is 680. The summed E-state index contributed by atoms with van der Waals surface area (Å²) in [6.07, 6.45) is -3.33. The number of anilines is 1. The summed E-state index contributed by atoms with van der Waals surface area (Å²) in [7, 11) is 0. The van der Waals surface area contributed by atoms with Gasteiger partial charge in [-0.15, -0.1) is 0 Å². The van der Waals surface area contributed by atoms with E-state index in [1.807, 2.05) is 18.7 Å². The number of aromatic nitrogens is 1. The van der Waals surface area contributed by atoms with Crippen molar-refractivity contribution < 1.29 is 23.1 Å². The molecule has 1 saturated heterocycles. The van der Waals surface area contributed by atoms with Gasteiger partial charge in [-0.3, -0.25) is 4.79 Å². The van der Waals surface area contributed by atoms with Gasteiger partial charge >= 0.3 is 6.18 Å². The van der Waals surface area contributed by atoms with E-state index >= 15 is 0 Å². The van der Waals surface area contributed by atoms with Crippen LogP contribution in [0.1, 0.15) is 38.8 Å². The van der Waals surface area contributed by atoms with Crippen molar-refractivity contribution in [3.63, 3.8) is 0 Å². The van der Waals surface area contributed by atoms with Gasteiger partial charge in [0.1, 0.15) is 17.6 Å². The number of aliphatic hydroxyl groups is 1. The molecule has 2 aliphatic rings. The van der Waals surface area contributed by atoms with Crippen LogP contribution in [0.25, 0.3) is 0 Å². The zero-order valence-electron chi connectivity index (χ0n) is 15.5. The highest BCUT2D eigenvalue weighted by Crippen LogP contribution is 2.40. The molecule has 1 aromatic heterocycles. The Labute approximate surface area is 157 Å². The number of amides is 1. The van der Waals surface area contributed by atoms with Crippen molar-refractivity contribution in [2.24, 2.45) is 17.8 Å². The fraction of sp³-hybridized carbons (Fsp3) is 0.684. The van der Waals surface area contributed by atoms with Gasteiger partial charge in [-0.05, 0) is 43.2 Å². The molecule has 8 heteroatoms. The van der Waals surface area contributed by atoms with Crippen LogP contribution in [0.5, 0.6) is 0 Å². The summed E-state index contributed by atoms with van der Waals surface area (Å²) >= 11 is 0. The Kier molecular flexibility index (Phi) is 5.65. The van der Waals surface area contributed by atoms with Crippen LogP contribution in [-0.2, 0) is 11.0 Å². The van der Waals surface area contributed by atoms with E-state index in [2.05, 4.69) is 10.3 Å². The minimum absolute atomic E-state index is 0.0555. The van der Waals surface area contributed by atoms with Crippen molar-refractivity contribution in [2.75, 3.05) is 18.0 Å². The minimum atomic E-state index is -4.46. The molecule has 27 heavy (non-hydrogen) atoms. The fourth-order valence-corrected chi connectivity index (χ4v) is 4.22. The second-order valence-corrected chi connectivity index (χ2v) is 8.05. The Hall–Kier alpha value is -1.83. The maximum atomic E-state index is 12.9. The van der Waals surface area contributed by atoms with E-state index in [0.717, 1.165) is 18.9 Å². The molecule has 1 saturated carbocycles. The third-order valence-corrected chi connectivity index (χ3v) is 5.53. The zero-order valence-corrected chi connectivity index (χ0v) is 15.5. The van der Waals surface area contributed by atoms with Crippen LogP contribution in [0.4, 0.5) is 19.0 Å². The maximum absolute atomic E-state index is 12.9. The molecule has 2 heterocycles. The Morgan fingerprint density at radius 1 is 1.33 bits per heavy atom. The van der Waals surface area contributed by atoms with Crippen LogP contribution in [0.2, 0.25) is 0 Å². The molecular formula is C19H26F3N3O2. The summed E-state index contributed by atoms with van der Waals surface area (Å²) in [4.78, 5) is 17.9. The summed E-state index contributed by atoms with van der Waals surface area (Å²) < 4.78 is 38.7. The van der Waals surface area contributed by atoms with Gasteiger partial charge in [-0.1, -0.05) is 19.9 Å². The van der Waals surface area contributed by atoms with E-state index in [0.29, 0.717) is 31.2 Å². The molecule has 4 atom stereocenters. The minimum Gasteiger partial charge on any atom is -0.383 e. The van der Waals surface area contributed by atoms with Crippen molar-refractivity contribution in [3.05, 3.63) is 23.9 Å². The normalized spacial score (nSPS) is 26.3. The third-order valence-electron chi connectivity index (χ3n) is 5.53. The molecule has 0 spiro atoms. The highest BCUT2D eigenvalue weighted by Gasteiger charge is 2.44. The van der Waals surface area contributed by atoms with E-state index in [-0.39, 0.29) is 23.8 Å². The van der Waals surface area contributed by atoms with Crippen LogP contribution >= 0.6 is 0 Å². The number of nitrogens with one attached hydrogen (secondary N) is 1. The number of hydrogen-bond donors (Lipinski definition) is 2. The first-order valence-corrected chi connectivity index (χ1v) is 9.42. The summed E-state index contributed by atoms with van der Waals surface area (Å²) in [5, 5.41) is 12.9. The summed E-state index contributed by atoms with van der Waals surface area (Å²) in [5.74, 6) is 0.663. The number of fused-ring (bicyclic) bond motifs is 1. The molecule has 1 aliphatic carbocycles. The van der Waals surface area contributed by atoms with Gasteiger partial charge in [0.15, 0.2) is 0 Å². The first-order valence-electron chi connectivity index (χ1n) is 9.42. The van der Waals surface area contributed by atoms with Gasteiger partial charge in [0, 0.05) is 25.0 Å². The number of carbonyl (C=O) groups is 1. The van der Waals surface area contributed by atoms with Gasteiger partial charge in [-0.2, -0.15) is 13.2 Å². The van der Waals surface area contributed by atoms with E-state index < -0.39 is 18.0 Å². The van der Waals surface area contributed by atoms with Gasteiger partial charge in [0.05, 0.1) is 0 Å². The smallest absolute Gasteiger partial charge is 0.383 e. The number of halogens is 3. The molecule has 0 bridgehead atoms. The molecule has 1 aromatic rings. The van der Waals surface area contributed by atoms with Crippen molar-refractivity contribution >= 4 is 11.7 Å². The number of aliphatic hydroxyl groups excluding tert-OH is 1. The van der Waals surface area contributed by atoms with E-state index in [1.165, 1.54) is 6.07 Å². The average molecular weight is 385 g/mol. The molecule has 2 fully saturated rings. The standard InChI is InChI=1S/C19H26F3N3O2/c1-11(2)8-15(26)18(27)23-14-7-6-12-9-25(10-13(12)14)17-5-3-4-16(24-17)19(20,21)22/h3-5,11-15,26H,6-10H2,1-2H3,(H,23,27)/t12-,13+,14+,15+/m1/s1. The zero-order chi connectivity index (χ0) is 19.8. The van der Waals surface area contributed by atoms with Crippen LogP contribution in [0.3, 0.4) is 0 Å². The lowest BCUT2D eigenvalue weighted by molar-refractivity contribution is -0.141. The summed E-state index contributed by atoms with van der Waals surface area (Å²) in [5.41, 5.74) is -0.890. The molecule has 0 unspecified atom stereocenters. The lowest BCUT2D eigenvalue weighted by Crippen LogP contribution is -2.44. The first kappa shape index (κ1) is 19.9. The highest BCUT2D eigenvalue weighted by atomic mass is 19.4. The number of alkyl halides is 3. The SMILES string of the molecule is CC(C)C[C@H](O)C(=O)N[C@H]1CC[C@@H]2CN(c3cccc(C(F)(F)F)n3)C[C@@H]21. The number of rotatable bonds is 5. The molecule has 1 aliphatic heterocycles. The van der Waals surface area contributed by atoms with Gasteiger partial charge < -0.3 is 15.3 Å². The highest BCUT2D eigenvalue weighted by molar-refractivity contribution is 5.80. The van der Waals surface area contributed by atoms with E-state index in [9.17, 15) is 23.1 Å². The molecule has 2 N–H and O–H groups in total. The maximum Gasteiger partial charge on any atom is 0.433 e. The number of nitrogens with zero attached hydrogens (tertiary/aromatic N) is 2. The first-order chi connectivity index (χ1) is 12.6.